The van der Waals surface area contributed by atoms with Crippen LogP contribution in [0.4, 0.5) is 0 Å². The summed E-state index contributed by atoms with van der Waals surface area (Å²) >= 11 is 0. The van der Waals surface area contributed by atoms with Crippen molar-refractivity contribution in [3.8, 4) is 11.3 Å². The number of carboxylic acid groups (broad SMARTS) is 1. The van der Waals surface area contributed by atoms with Gasteiger partial charge in [-0.3, -0.25) is 0 Å². The monoisotopic (exact) mass is 234 g/mol. The van der Waals surface area contributed by atoms with Gasteiger partial charge in [0.05, 0.1) is 5.69 Å². The number of nitrogens with one attached hydrogen (secondary N) is 2. The number of hydrogen-bond acceptors (Lipinski definition) is 3. The van der Waals surface area contributed by atoms with E-state index >= 15 is 0 Å². The van der Waals surface area contributed by atoms with Crippen molar-refractivity contribution in [2.24, 2.45) is 0 Å². The number of benzene rings is 1. The molecule has 0 spiro atoms. The van der Waals surface area contributed by atoms with Crippen LogP contribution in [-0.4, -0.2) is 26.2 Å². The molecule has 1 aromatic carbocycles. The molecule has 1 heterocycles. The van der Waals surface area contributed by atoms with E-state index in [1.165, 1.54) is 18.3 Å². The van der Waals surface area contributed by atoms with Gasteiger partial charge in [-0.15, -0.1) is 0 Å². The van der Waals surface area contributed by atoms with E-state index < -0.39 is 12.1 Å². The number of imidazole rings is 1. The molecular formula is C11H10N2O4. The molecule has 0 bridgehead atoms. The second-order valence-corrected chi connectivity index (χ2v) is 3.52. The Hall–Kier alpha value is -2.34. The highest BCUT2D eigenvalue weighted by Gasteiger charge is 2.16. The molecule has 1 unspecified atom stereocenters. The molecular weight excluding hydrogens is 224 g/mol. The van der Waals surface area contributed by atoms with Crippen molar-refractivity contribution >= 4 is 5.97 Å². The van der Waals surface area contributed by atoms with E-state index in [1.54, 1.807) is 12.1 Å². The van der Waals surface area contributed by atoms with Gasteiger partial charge in [0.25, 0.3) is 0 Å². The summed E-state index contributed by atoms with van der Waals surface area (Å²) in [6.07, 6.45) is -0.0881. The minimum atomic E-state index is -1.57. The Morgan fingerprint density at radius 3 is 2.71 bits per heavy atom. The highest BCUT2D eigenvalue weighted by atomic mass is 16.4. The quantitative estimate of drug-likeness (QED) is 0.620. The molecule has 0 aliphatic rings. The average Bonchev–Trinajstić information content (AvgIpc) is 2.75. The summed E-state index contributed by atoms with van der Waals surface area (Å²) in [7, 11) is 0. The molecule has 17 heavy (non-hydrogen) atoms. The van der Waals surface area contributed by atoms with Crippen LogP contribution in [0.3, 0.4) is 0 Å². The number of aromatic amines is 2. The van der Waals surface area contributed by atoms with Crippen LogP contribution in [0.5, 0.6) is 0 Å². The second-order valence-electron chi connectivity index (χ2n) is 3.52. The summed E-state index contributed by atoms with van der Waals surface area (Å²) in [6.45, 7) is 0. The molecule has 2 rings (SSSR count). The fourth-order valence-corrected chi connectivity index (χ4v) is 1.51. The summed E-state index contributed by atoms with van der Waals surface area (Å²) < 4.78 is 0. The van der Waals surface area contributed by atoms with Gasteiger partial charge in [-0.2, -0.15) is 0 Å². The SMILES string of the molecule is O=C(O)C(O)c1cccc(-c2c[nH]c(=O)[nH]2)c1. The predicted molar refractivity (Wildman–Crippen MR) is 59.4 cm³/mol. The zero-order valence-electron chi connectivity index (χ0n) is 8.68. The van der Waals surface area contributed by atoms with Crippen LogP contribution in [0.2, 0.25) is 0 Å². The lowest BCUT2D eigenvalue weighted by atomic mass is 10.0. The number of H-pyrrole nitrogens is 2. The third-order valence-electron chi connectivity index (χ3n) is 2.34. The van der Waals surface area contributed by atoms with Crippen molar-refractivity contribution in [2.45, 2.75) is 6.10 Å². The van der Waals surface area contributed by atoms with Gasteiger partial charge in [0, 0.05) is 6.20 Å². The van der Waals surface area contributed by atoms with Gasteiger partial charge < -0.3 is 20.2 Å². The third-order valence-corrected chi connectivity index (χ3v) is 2.34. The van der Waals surface area contributed by atoms with E-state index in [2.05, 4.69) is 9.97 Å². The van der Waals surface area contributed by atoms with Crippen molar-refractivity contribution in [1.82, 2.24) is 9.97 Å². The molecule has 0 fully saturated rings. The van der Waals surface area contributed by atoms with E-state index in [4.69, 9.17) is 5.11 Å². The average molecular weight is 234 g/mol. The van der Waals surface area contributed by atoms with Gasteiger partial charge in [0.1, 0.15) is 0 Å². The first-order valence-corrected chi connectivity index (χ1v) is 4.87. The fourth-order valence-electron chi connectivity index (χ4n) is 1.51. The smallest absolute Gasteiger partial charge is 0.337 e. The van der Waals surface area contributed by atoms with Gasteiger partial charge in [0.15, 0.2) is 6.10 Å². The van der Waals surface area contributed by atoms with Gasteiger partial charge in [-0.1, -0.05) is 18.2 Å². The van der Waals surface area contributed by atoms with Crippen molar-refractivity contribution in [3.63, 3.8) is 0 Å². The zero-order chi connectivity index (χ0) is 12.4. The van der Waals surface area contributed by atoms with Gasteiger partial charge >= 0.3 is 11.7 Å². The minimum Gasteiger partial charge on any atom is -0.479 e. The summed E-state index contributed by atoms with van der Waals surface area (Å²) in [5.41, 5.74) is 1.08. The van der Waals surface area contributed by atoms with E-state index in [0.29, 0.717) is 11.3 Å². The molecule has 88 valence electrons. The Morgan fingerprint density at radius 1 is 1.35 bits per heavy atom. The van der Waals surface area contributed by atoms with E-state index in [1.807, 2.05) is 0 Å². The topological polar surface area (TPSA) is 106 Å². The molecule has 0 saturated heterocycles. The van der Waals surface area contributed by atoms with Crippen LogP contribution in [0.1, 0.15) is 11.7 Å². The van der Waals surface area contributed by atoms with Crippen LogP contribution < -0.4 is 5.69 Å². The zero-order valence-corrected chi connectivity index (χ0v) is 8.68. The highest BCUT2D eigenvalue weighted by Crippen LogP contribution is 2.20. The standard InChI is InChI=1S/C11H10N2O4/c14-9(10(15)16)7-3-1-2-6(4-7)8-5-12-11(17)13-8/h1-5,9,14H,(H,15,16)(H2,12,13,17). The fraction of sp³-hybridized carbons (Fsp3) is 0.0909. The lowest BCUT2D eigenvalue weighted by Gasteiger charge is -2.06. The molecule has 0 radical (unpaired) electrons. The van der Waals surface area contributed by atoms with Crippen molar-refractivity contribution < 1.29 is 15.0 Å². The van der Waals surface area contributed by atoms with Crippen LogP contribution in [0.15, 0.2) is 35.3 Å². The maximum absolute atomic E-state index is 10.9. The first-order valence-electron chi connectivity index (χ1n) is 4.87. The number of aliphatic carboxylic acids is 1. The maximum Gasteiger partial charge on any atom is 0.337 e. The van der Waals surface area contributed by atoms with E-state index in [0.717, 1.165) is 0 Å². The third kappa shape index (κ3) is 2.26. The summed E-state index contributed by atoms with van der Waals surface area (Å²) in [6, 6.07) is 6.34. The molecule has 0 saturated carbocycles. The van der Waals surface area contributed by atoms with Crippen LogP contribution in [0, 0.1) is 0 Å². The molecule has 1 atom stereocenters. The Bertz CT molecular complexity index is 599. The van der Waals surface area contributed by atoms with Crippen molar-refractivity contribution in [3.05, 3.63) is 46.5 Å². The summed E-state index contributed by atoms with van der Waals surface area (Å²) in [5.74, 6) is -1.32. The normalized spacial score (nSPS) is 12.3. The number of aromatic nitrogens is 2. The van der Waals surface area contributed by atoms with Crippen molar-refractivity contribution in [1.29, 1.82) is 0 Å². The molecule has 2 aromatic rings. The maximum atomic E-state index is 10.9. The van der Waals surface area contributed by atoms with Crippen LogP contribution in [-0.2, 0) is 4.79 Å². The Kier molecular flexibility index (Phi) is 2.80. The van der Waals surface area contributed by atoms with Gasteiger partial charge in [-0.05, 0) is 17.2 Å². The lowest BCUT2D eigenvalue weighted by Crippen LogP contribution is -2.10. The molecule has 4 N–H and O–H groups in total. The first-order chi connectivity index (χ1) is 8.08. The van der Waals surface area contributed by atoms with Gasteiger partial charge in [0.2, 0.25) is 0 Å². The van der Waals surface area contributed by atoms with Crippen LogP contribution in [0.25, 0.3) is 11.3 Å². The Morgan fingerprint density at radius 2 is 2.12 bits per heavy atom. The summed E-state index contributed by atoms with van der Waals surface area (Å²) in [5, 5.41) is 18.1. The number of carboxylic acids is 1. The van der Waals surface area contributed by atoms with Crippen LogP contribution >= 0.6 is 0 Å². The number of aliphatic hydroxyl groups excluding tert-OH is 1. The number of rotatable bonds is 3. The number of hydrogen-bond donors (Lipinski definition) is 4. The molecule has 0 amide bonds. The Balaban J connectivity index is 2.41. The van der Waals surface area contributed by atoms with E-state index in [-0.39, 0.29) is 11.3 Å². The van der Waals surface area contributed by atoms with Gasteiger partial charge in [-0.25, -0.2) is 9.59 Å². The number of carbonyl (C=O) groups is 1. The molecule has 0 aliphatic heterocycles. The number of aliphatic hydroxyl groups is 1. The molecule has 0 aliphatic carbocycles. The molecule has 1 aromatic heterocycles. The lowest BCUT2D eigenvalue weighted by molar-refractivity contribution is -0.146. The molecule has 6 heteroatoms. The predicted octanol–water partition coefficient (Wildman–Crippen LogP) is 0.488. The first kappa shape index (κ1) is 11.2. The van der Waals surface area contributed by atoms with E-state index in [9.17, 15) is 14.7 Å². The Labute approximate surface area is 95.6 Å². The minimum absolute atomic E-state index is 0.261. The highest BCUT2D eigenvalue weighted by molar-refractivity contribution is 5.75. The largest absolute Gasteiger partial charge is 0.479 e. The second kappa shape index (κ2) is 4.26. The van der Waals surface area contributed by atoms with Crippen molar-refractivity contribution in [2.75, 3.05) is 0 Å². The molecule has 6 nitrogen and oxygen atoms in total. The summed E-state index contributed by atoms with van der Waals surface area (Å²) in [4.78, 5) is 26.6.